The number of hydrogen-bond acceptors (Lipinski definition) is 6. The summed E-state index contributed by atoms with van der Waals surface area (Å²) in [6.07, 6.45) is 3.21. The van der Waals surface area contributed by atoms with Gasteiger partial charge < -0.3 is 18.8 Å². The van der Waals surface area contributed by atoms with Gasteiger partial charge in [0, 0.05) is 47.1 Å². The van der Waals surface area contributed by atoms with E-state index in [2.05, 4.69) is 22.0 Å². The van der Waals surface area contributed by atoms with Gasteiger partial charge in [0.05, 0.1) is 21.7 Å². The Kier molecular flexibility index (Phi) is 7.87. The van der Waals surface area contributed by atoms with Crippen molar-refractivity contribution in [1.29, 1.82) is 0 Å². The molecule has 1 aliphatic rings. The van der Waals surface area contributed by atoms with Crippen molar-refractivity contribution in [2.45, 2.75) is 38.5 Å². The van der Waals surface area contributed by atoms with Gasteiger partial charge in [-0.05, 0) is 49.2 Å². The topological polar surface area (TPSA) is 98.6 Å². The van der Waals surface area contributed by atoms with Crippen LogP contribution in [-0.2, 0) is 12.8 Å². The second-order valence-electron chi connectivity index (χ2n) is 9.87. The van der Waals surface area contributed by atoms with Crippen molar-refractivity contribution >= 4 is 51.9 Å². The van der Waals surface area contributed by atoms with Gasteiger partial charge >= 0.3 is 5.97 Å². The van der Waals surface area contributed by atoms with E-state index in [0.29, 0.717) is 80.0 Å². The summed E-state index contributed by atoms with van der Waals surface area (Å²) < 4.78 is 17.4. The lowest BCUT2D eigenvalue weighted by Crippen LogP contribution is -2.04. The molecule has 1 saturated carbocycles. The number of halogens is 3. The first kappa shape index (κ1) is 28.2. The molecule has 2 aromatic heterocycles. The number of oxazole rings is 1. The van der Waals surface area contributed by atoms with Gasteiger partial charge in [0.25, 0.3) is 0 Å². The molecular formula is C32H23Cl3N2O5. The Morgan fingerprint density at radius 1 is 1.07 bits per heavy atom. The Bertz CT molecular complexity index is 1880. The molecule has 0 aliphatic heterocycles. The SMILES string of the molecule is CCc1nc2cc(C#Cc3ccc(OCCc4c(-c5c(Cl)cccc5Cl)noc4C4CC4)cc3Cl)cc(C(=O)O)c2o1. The van der Waals surface area contributed by atoms with Crippen LogP contribution in [0.15, 0.2) is 57.5 Å². The molecule has 1 fully saturated rings. The summed E-state index contributed by atoms with van der Waals surface area (Å²) in [5.74, 6) is 7.14. The first-order chi connectivity index (χ1) is 20.3. The van der Waals surface area contributed by atoms with Crippen LogP contribution < -0.4 is 4.74 Å². The number of carbonyl (C=O) groups is 1. The molecule has 0 radical (unpaired) electrons. The summed E-state index contributed by atoms with van der Waals surface area (Å²) in [7, 11) is 0. The standard InChI is InChI=1S/C32H23Cl3N2O5/c1-2-27-36-26-15-17(14-22(32(38)39)31(26)41-27)6-7-18-10-11-20(16-25(18)35)40-13-12-21-29(37-42-30(21)19-8-9-19)28-23(33)4-3-5-24(28)34/h3-5,10-11,14-16,19H,2,8-9,12-13H2,1H3,(H,38,39). The number of ether oxygens (including phenoxy) is 1. The summed E-state index contributed by atoms with van der Waals surface area (Å²) in [6, 6.07) is 13.8. The van der Waals surface area contributed by atoms with Crippen molar-refractivity contribution in [3.05, 3.63) is 97.5 Å². The van der Waals surface area contributed by atoms with Crippen molar-refractivity contribution in [1.82, 2.24) is 10.1 Å². The van der Waals surface area contributed by atoms with Crippen molar-refractivity contribution in [3.63, 3.8) is 0 Å². The third-order valence-electron chi connectivity index (χ3n) is 6.94. The smallest absolute Gasteiger partial charge is 0.339 e. The number of nitrogens with zero attached hydrogens (tertiary/aromatic N) is 2. The van der Waals surface area contributed by atoms with E-state index in [-0.39, 0.29) is 11.1 Å². The molecule has 0 saturated heterocycles. The minimum absolute atomic E-state index is 0.0106. The number of hydrogen-bond donors (Lipinski definition) is 1. The third kappa shape index (κ3) is 5.71. The number of carboxylic acids is 1. The lowest BCUT2D eigenvalue weighted by Gasteiger charge is -2.10. The number of aromatic carboxylic acids is 1. The first-order valence-corrected chi connectivity index (χ1v) is 14.5. The second-order valence-corrected chi connectivity index (χ2v) is 11.1. The van der Waals surface area contributed by atoms with Crippen molar-refractivity contribution in [2.24, 2.45) is 0 Å². The number of rotatable bonds is 8. The van der Waals surface area contributed by atoms with Gasteiger partial charge in [-0.1, -0.05) is 64.8 Å². The van der Waals surface area contributed by atoms with Crippen LogP contribution in [0.2, 0.25) is 15.1 Å². The van der Waals surface area contributed by atoms with E-state index in [9.17, 15) is 9.90 Å². The molecule has 10 heteroatoms. The van der Waals surface area contributed by atoms with Gasteiger partial charge in [-0.3, -0.25) is 0 Å². The molecule has 2 heterocycles. The van der Waals surface area contributed by atoms with E-state index < -0.39 is 5.97 Å². The van der Waals surface area contributed by atoms with Gasteiger partial charge in [0.2, 0.25) is 0 Å². The second kappa shape index (κ2) is 11.7. The quantitative estimate of drug-likeness (QED) is 0.173. The van der Waals surface area contributed by atoms with Gasteiger partial charge in [0.1, 0.15) is 28.3 Å². The Labute approximate surface area is 256 Å². The van der Waals surface area contributed by atoms with Crippen LogP contribution in [0.25, 0.3) is 22.4 Å². The van der Waals surface area contributed by atoms with Gasteiger partial charge in [-0.15, -0.1) is 0 Å². The van der Waals surface area contributed by atoms with E-state index in [1.165, 1.54) is 6.07 Å². The van der Waals surface area contributed by atoms with Crippen molar-refractivity contribution in [3.8, 4) is 28.8 Å². The van der Waals surface area contributed by atoms with E-state index in [0.717, 1.165) is 24.2 Å². The summed E-state index contributed by atoms with van der Waals surface area (Å²) in [5, 5.41) is 15.4. The van der Waals surface area contributed by atoms with Crippen molar-refractivity contribution in [2.75, 3.05) is 6.61 Å². The summed E-state index contributed by atoms with van der Waals surface area (Å²) >= 11 is 19.5. The molecule has 3 aromatic carbocycles. The molecule has 6 rings (SSSR count). The lowest BCUT2D eigenvalue weighted by molar-refractivity contribution is 0.0697. The predicted octanol–water partition coefficient (Wildman–Crippen LogP) is 8.60. The molecule has 1 N–H and O–H groups in total. The zero-order chi connectivity index (χ0) is 29.4. The number of aromatic nitrogens is 2. The molecule has 0 amide bonds. The molecule has 1 aliphatic carbocycles. The van der Waals surface area contributed by atoms with Gasteiger partial charge in [-0.25, -0.2) is 9.78 Å². The highest BCUT2D eigenvalue weighted by molar-refractivity contribution is 6.39. The van der Waals surface area contributed by atoms with Crippen LogP contribution >= 0.6 is 34.8 Å². The van der Waals surface area contributed by atoms with Gasteiger partial charge in [-0.2, -0.15) is 0 Å². The number of carboxylic acid groups (broad SMARTS) is 1. The molecule has 7 nitrogen and oxygen atoms in total. The largest absolute Gasteiger partial charge is 0.493 e. The van der Waals surface area contributed by atoms with E-state index >= 15 is 0 Å². The maximum Gasteiger partial charge on any atom is 0.339 e. The Hall–Kier alpha value is -3.96. The summed E-state index contributed by atoms with van der Waals surface area (Å²) in [5.41, 5.74) is 3.99. The summed E-state index contributed by atoms with van der Waals surface area (Å²) in [4.78, 5) is 16.1. The van der Waals surface area contributed by atoms with Crippen LogP contribution in [-0.4, -0.2) is 27.8 Å². The molecule has 0 unspecified atom stereocenters. The highest BCUT2D eigenvalue weighted by atomic mass is 35.5. The summed E-state index contributed by atoms with van der Waals surface area (Å²) in [6.45, 7) is 2.24. The monoisotopic (exact) mass is 620 g/mol. The van der Waals surface area contributed by atoms with Crippen LogP contribution in [0.1, 0.15) is 64.4 Å². The van der Waals surface area contributed by atoms with Crippen LogP contribution in [0.4, 0.5) is 0 Å². The fourth-order valence-electron chi connectivity index (χ4n) is 4.71. The highest BCUT2D eigenvalue weighted by Crippen LogP contribution is 2.46. The molecule has 42 heavy (non-hydrogen) atoms. The van der Waals surface area contributed by atoms with Gasteiger partial charge in [0.15, 0.2) is 11.5 Å². The molecule has 0 spiro atoms. The average molecular weight is 622 g/mol. The molecular weight excluding hydrogens is 599 g/mol. The Morgan fingerprint density at radius 3 is 2.55 bits per heavy atom. The van der Waals surface area contributed by atoms with E-state index in [1.54, 1.807) is 42.5 Å². The predicted molar refractivity (Wildman–Crippen MR) is 161 cm³/mol. The lowest BCUT2D eigenvalue weighted by atomic mass is 10.0. The number of fused-ring (bicyclic) bond motifs is 1. The molecule has 0 bridgehead atoms. The maximum atomic E-state index is 11.8. The normalized spacial score (nSPS) is 12.8. The number of benzene rings is 3. The minimum atomic E-state index is -1.11. The Balaban J connectivity index is 1.19. The van der Waals surface area contributed by atoms with E-state index in [1.807, 2.05) is 6.92 Å². The fraction of sp³-hybridized carbons (Fsp3) is 0.219. The average Bonchev–Trinajstić information content (AvgIpc) is 3.59. The third-order valence-corrected chi connectivity index (χ3v) is 7.88. The van der Waals surface area contributed by atoms with E-state index in [4.69, 9.17) is 48.5 Å². The Morgan fingerprint density at radius 2 is 1.86 bits per heavy atom. The molecule has 5 aromatic rings. The van der Waals surface area contributed by atoms with Crippen molar-refractivity contribution < 1.29 is 23.6 Å². The first-order valence-electron chi connectivity index (χ1n) is 13.4. The van der Waals surface area contributed by atoms with Crippen LogP contribution in [0, 0.1) is 11.8 Å². The fourth-order valence-corrected chi connectivity index (χ4v) is 5.50. The molecule has 212 valence electrons. The zero-order valence-corrected chi connectivity index (χ0v) is 24.6. The number of aryl methyl sites for hydroxylation is 1. The molecule has 0 atom stereocenters. The van der Waals surface area contributed by atoms with Crippen LogP contribution in [0.3, 0.4) is 0 Å². The maximum absolute atomic E-state index is 11.8. The minimum Gasteiger partial charge on any atom is -0.493 e. The van der Waals surface area contributed by atoms with Crippen LogP contribution in [0.5, 0.6) is 5.75 Å². The highest BCUT2D eigenvalue weighted by Gasteiger charge is 2.33. The zero-order valence-electron chi connectivity index (χ0n) is 22.3.